The molecule has 0 spiro atoms. The van der Waals surface area contributed by atoms with Crippen molar-refractivity contribution < 1.29 is 9.47 Å². The summed E-state index contributed by atoms with van der Waals surface area (Å²) in [4.78, 5) is 4.85. The van der Waals surface area contributed by atoms with Gasteiger partial charge in [0.2, 0.25) is 0 Å². The van der Waals surface area contributed by atoms with Gasteiger partial charge in [-0.2, -0.15) is 0 Å². The van der Waals surface area contributed by atoms with Crippen LogP contribution in [0.4, 0.5) is 0 Å². The van der Waals surface area contributed by atoms with Crippen LogP contribution in [0.5, 0.6) is 0 Å². The van der Waals surface area contributed by atoms with Gasteiger partial charge in [-0.15, -0.1) is 0 Å². The standard InChI is InChI=1S/C13H27N3O2/c1-12-9-14-10-13(18-12)11-17-8-7-16-5-3-15(2)4-6-16/h12-14H,3-11H2,1-2H3. The van der Waals surface area contributed by atoms with Crippen LogP contribution in [0, 0.1) is 0 Å². The highest BCUT2D eigenvalue weighted by Crippen LogP contribution is 2.04. The Kier molecular flexibility index (Phi) is 5.85. The lowest BCUT2D eigenvalue weighted by Crippen LogP contribution is -2.47. The summed E-state index contributed by atoms with van der Waals surface area (Å²) >= 11 is 0. The van der Waals surface area contributed by atoms with Gasteiger partial charge < -0.3 is 19.7 Å². The van der Waals surface area contributed by atoms with E-state index in [-0.39, 0.29) is 6.10 Å². The molecule has 2 unspecified atom stereocenters. The van der Waals surface area contributed by atoms with Crippen LogP contribution >= 0.6 is 0 Å². The van der Waals surface area contributed by atoms with Crippen molar-refractivity contribution in [2.24, 2.45) is 0 Å². The Morgan fingerprint density at radius 3 is 2.72 bits per heavy atom. The summed E-state index contributed by atoms with van der Waals surface area (Å²) in [5.41, 5.74) is 0. The first-order valence-corrected chi connectivity index (χ1v) is 7.09. The highest BCUT2D eigenvalue weighted by molar-refractivity contribution is 4.72. The van der Waals surface area contributed by atoms with Crippen LogP contribution in [0.15, 0.2) is 0 Å². The molecule has 2 aliphatic heterocycles. The van der Waals surface area contributed by atoms with E-state index in [1.54, 1.807) is 0 Å². The SMILES string of the molecule is CC1CNCC(COCCN2CCN(C)CC2)O1. The van der Waals surface area contributed by atoms with Crippen LogP contribution in [0.25, 0.3) is 0 Å². The maximum atomic E-state index is 5.78. The van der Waals surface area contributed by atoms with E-state index in [4.69, 9.17) is 9.47 Å². The fourth-order valence-corrected chi connectivity index (χ4v) is 2.45. The molecule has 2 atom stereocenters. The van der Waals surface area contributed by atoms with Gasteiger partial charge in [-0.1, -0.05) is 0 Å². The van der Waals surface area contributed by atoms with Crippen LogP contribution in [0.2, 0.25) is 0 Å². The first-order chi connectivity index (χ1) is 8.74. The Balaban J connectivity index is 1.50. The Hall–Kier alpha value is -0.200. The van der Waals surface area contributed by atoms with Crippen molar-refractivity contribution in [3.8, 4) is 0 Å². The largest absolute Gasteiger partial charge is 0.377 e. The lowest BCUT2D eigenvalue weighted by Gasteiger charge is -2.32. The van der Waals surface area contributed by atoms with Gasteiger partial charge in [0, 0.05) is 45.8 Å². The summed E-state index contributed by atoms with van der Waals surface area (Å²) in [5, 5.41) is 3.36. The van der Waals surface area contributed by atoms with E-state index in [2.05, 4.69) is 29.1 Å². The molecular weight excluding hydrogens is 230 g/mol. The fraction of sp³-hybridized carbons (Fsp3) is 1.00. The second kappa shape index (κ2) is 7.40. The minimum Gasteiger partial charge on any atom is -0.377 e. The van der Waals surface area contributed by atoms with E-state index in [0.29, 0.717) is 12.7 Å². The first-order valence-electron chi connectivity index (χ1n) is 7.09. The van der Waals surface area contributed by atoms with Crippen LogP contribution in [-0.4, -0.2) is 88.1 Å². The normalized spacial score (nSPS) is 31.7. The third kappa shape index (κ3) is 4.82. The smallest absolute Gasteiger partial charge is 0.0936 e. The molecule has 0 aromatic carbocycles. The number of ether oxygens (including phenoxy) is 2. The maximum absolute atomic E-state index is 5.78. The highest BCUT2D eigenvalue weighted by Gasteiger charge is 2.19. The topological polar surface area (TPSA) is 37.0 Å². The van der Waals surface area contributed by atoms with Gasteiger partial charge in [-0.05, 0) is 14.0 Å². The van der Waals surface area contributed by atoms with Gasteiger partial charge in [0.05, 0.1) is 25.4 Å². The third-order valence-electron chi connectivity index (χ3n) is 3.68. The maximum Gasteiger partial charge on any atom is 0.0936 e. The summed E-state index contributed by atoms with van der Waals surface area (Å²) in [6.45, 7) is 11.2. The number of hydrogen-bond acceptors (Lipinski definition) is 5. The molecule has 5 heteroatoms. The van der Waals surface area contributed by atoms with E-state index in [1.165, 1.54) is 26.2 Å². The van der Waals surface area contributed by atoms with E-state index in [1.807, 2.05) is 0 Å². The number of morpholine rings is 1. The fourth-order valence-electron chi connectivity index (χ4n) is 2.45. The van der Waals surface area contributed by atoms with Crippen molar-refractivity contribution in [1.82, 2.24) is 15.1 Å². The van der Waals surface area contributed by atoms with E-state index in [9.17, 15) is 0 Å². The summed E-state index contributed by atoms with van der Waals surface area (Å²) in [7, 11) is 2.18. The van der Waals surface area contributed by atoms with Crippen LogP contribution < -0.4 is 5.32 Å². The molecular formula is C13H27N3O2. The van der Waals surface area contributed by atoms with Gasteiger partial charge in [0.1, 0.15) is 0 Å². The molecule has 0 aliphatic carbocycles. The lowest BCUT2D eigenvalue weighted by molar-refractivity contribution is -0.0707. The summed E-state index contributed by atoms with van der Waals surface area (Å²) in [6, 6.07) is 0. The van der Waals surface area contributed by atoms with Crippen molar-refractivity contribution in [3.05, 3.63) is 0 Å². The van der Waals surface area contributed by atoms with E-state index < -0.39 is 0 Å². The molecule has 0 radical (unpaired) electrons. The molecule has 5 nitrogen and oxygen atoms in total. The van der Waals surface area contributed by atoms with Crippen molar-refractivity contribution in [1.29, 1.82) is 0 Å². The zero-order valence-electron chi connectivity index (χ0n) is 11.7. The summed E-state index contributed by atoms with van der Waals surface area (Å²) < 4.78 is 11.5. The van der Waals surface area contributed by atoms with Crippen molar-refractivity contribution in [2.75, 3.05) is 66.1 Å². The Labute approximate surface area is 110 Å². The lowest BCUT2D eigenvalue weighted by atomic mass is 10.2. The van der Waals surface area contributed by atoms with E-state index in [0.717, 1.165) is 26.2 Å². The molecule has 2 rings (SSSR count). The van der Waals surface area contributed by atoms with Gasteiger partial charge >= 0.3 is 0 Å². The second-order valence-corrected chi connectivity index (χ2v) is 5.45. The molecule has 2 saturated heterocycles. The highest BCUT2D eigenvalue weighted by atomic mass is 16.5. The van der Waals surface area contributed by atoms with Crippen LogP contribution in [0.1, 0.15) is 6.92 Å². The quantitative estimate of drug-likeness (QED) is 0.680. The molecule has 0 aromatic heterocycles. The Morgan fingerprint density at radius 2 is 2.00 bits per heavy atom. The minimum absolute atomic E-state index is 0.223. The van der Waals surface area contributed by atoms with Gasteiger partial charge in [-0.25, -0.2) is 0 Å². The number of rotatable bonds is 5. The summed E-state index contributed by atoms with van der Waals surface area (Å²) in [5.74, 6) is 0. The summed E-state index contributed by atoms with van der Waals surface area (Å²) in [6.07, 6.45) is 0.534. The van der Waals surface area contributed by atoms with Crippen LogP contribution in [-0.2, 0) is 9.47 Å². The Bertz CT molecular complexity index is 232. The zero-order chi connectivity index (χ0) is 12.8. The van der Waals surface area contributed by atoms with Crippen molar-refractivity contribution in [3.63, 3.8) is 0 Å². The predicted molar refractivity (Wildman–Crippen MR) is 72.0 cm³/mol. The molecule has 106 valence electrons. The minimum atomic E-state index is 0.223. The monoisotopic (exact) mass is 257 g/mol. The average molecular weight is 257 g/mol. The molecule has 0 bridgehead atoms. The third-order valence-corrected chi connectivity index (χ3v) is 3.68. The molecule has 0 aromatic rings. The predicted octanol–water partition coefficient (Wildman–Crippen LogP) is -0.373. The van der Waals surface area contributed by atoms with Gasteiger partial charge in [0.15, 0.2) is 0 Å². The Morgan fingerprint density at radius 1 is 1.22 bits per heavy atom. The molecule has 18 heavy (non-hydrogen) atoms. The van der Waals surface area contributed by atoms with Crippen LogP contribution in [0.3, 0.4) is 0 Å². The number of piperazine rings is 1. The molecule has 0 amide bonds. The molecule has 2 fully saturated rings. The second-order valence-electron chi connectivity index (χ2n) is 5.45. The number of hydrogen-bond donors (Lipinski definition) is 1. The van der Waals surface area contributed by atoms with Gasteiger partial charge in [-0.3, -0.25) is 4.90 Å². The molecule has 2 heterocycles. The zero-order valence-corrected chi connectivity index (χ0v) is 11.7. The number of nitrogens with zero attached hydrogens (tertiary/aromatic N) is 2. The number of nitrogens with one attached hydrogen (secondary N) is 1. The van der Waals surface area contributed by atoms with Crippen molar-refractivity contribution >= 4 is 0 Å². The first kappa shape index (κ1) is 14.2. The van der Waals surface area contributed by atoms with Gasteiger partial charge in [0.25, 0.3) is 0 Å². The molecule has 2 aliphatic rings. The van der Waals surface area contributed by atoms with Crippen molar-refractivity contribution in [2.45, 2.75) is 19.1 Å². The average Bonchev–Trinajstić information content (AvgIpc) is 2.37. The van der Waals surface area contributed by atoms with E-state index >= 15 is 0 Å². The molecule has 1 N–H and O–H groups in total. The molecule has 0 saturated carbocycles. The number of likely N-dealkylation sites (N-methyl/N-ethyl adjacent to an activating group) is 1.